The summed E-state index contributed by atoms with van der Waals surface area (Å²) in [7, 11) is -3.71. The summed E-state index contributed by atoms with van der Waals surface area (Å²) in [5.74, 6) is -0.449. The molecule has 0 aromatic heterocycles. The van der Waals surface area contributed by atoms with Crippen LogP contribution in [0.4, 0.5) is 4.39 Å². The molecule has 2 unspecified atom stereocenters. The van der Waals surface area contributed by atoms with Gasteiger partial charge in [-0.05, 0) is 30.0 Å². The minimum atomic E-state index is -3.71. The van der Waals surface area contributed by atoms with Crippen LogP contribution in [0.5, 0.6) is 0 Å². The van der Waals surface area contributed by atoms with Gasteiger partial charge in [0.25, 0.3) is 0 Å². The summed E-state index contributed by atoms with van der Waals surface area (Å²) in [6.07, 6.45) is 0.805. The summed E-state index contributed by atoms with van der Waals surface area (Å²) >= 11 is 5.69. The number of nitrogens with two attached hydrogens (primary N) is 1. The predicted molar refractivity (Wildman–Crippen MR) is 67.2 cm³/mol. The van der Waals surface area contributed by atoms with Gasteiger partial charge in [-0.1, -0.05) is 18.5 Å². The van der Waals surface area contributed by atoms with Crippen molar-refractivity contribution in [1.82, 2.24) is 4.72 Å². The fourth-order valence-electron chi connectivity index (χ4n) is 1.68. The second kappa shape index (κ2) is 4.77. The summed E-state index contributed by atoms with van der Waals surface area (Å²) in [5.41, 5.74) is 5.68. The summed E-state index contributed by atoms with van der Waals surface area (Å²) in [5, 5.41) is -0.128. The summed E-state index contributed by atoms with van der Waals surface area (Å²) in [6.45, 7) is 1.93. The molecule has 1 saturated carbocycles. The molecule has 18 heavy (non-hydrogen) atoms. The molecule has 0 saturated heterocycles. The molecule has 3 N–H and O–H groups in total. The minimum Gasteiger partial charge on any atom is -0.326 e. The van der Waals surface area contributed by atoms with Crippen LogP contribution in [-0.2, 0) is 16.6 Å². The van der Waals surface area contributed by atoms with Crippen molar-refractivity contribution in [2.75, 3.05) is 0 Å². The Balaban J connectivity index is 2.35. The molecule has 1 aliphatic carbocycles. The molecule has 0 radical (unpaired) electrons. The first-order valence-electron chi connectivity index (χ1n) is 5.55. The average molecular weight is 293 g/mol. The van der Waals surface area contributed by atoms with Crippen molar-refractivity contribution in [2.45, 2.75) is 30.8 Å². The number of rotatable bonds is 4. The Morgan fingerprint density at radius 1 is 1.56 bits per heavy atom. The second-order valence-corrected chi connectivity index (χ2v) is 6.62. The number of halogens is 2. The molecule has 0 bridgehead atoms. The molecule has 2 rings (SSSR count). The molecule has 1 aromatic rings. The molecule has 4 nitrogen and oxygen atoms in total. The lowest BCUT2D eigenvalue weighted by Gasteiger charge is -2.09. The molecule has 1 aromatic carbocycles. The van der Waals surface area contributed by atoms with Crippen LogP contribution in [0.3, 0.4) is 0 Å². The van der Waals surface area contributed by atoms with Crippen LogP contribution in [0, 0.1) is 11.7 Å². The summed E-state index contributed by atoms with van der Waals surface area (Å²) < 4.78 is 40.0. The number of nitrogens with one attached hydrogen (secondary N) is 1. The van der Waals surface area contributed by atoms with E-state index in [2.05, 4.69) is 4.72 Å². The molecular weight excluding hydrogens is 279 g/mol. The highest BCUT2D eigenvalue weighted by Crippen LogP contribution is 2.31. The van der Waals surface area contributed by atoms with E-state index in [-0.39, 0.29) is 28.1 Å². The van der Waals surface area contributed by atoms with Crippen molar-refractivity contribution < 1.29 is 12.8 Å². The van der Waals surface area contributed by atoms with Gasteiger partial charge in [-0.3, -0.25) is 0 Å². The predicted octanol–water partition coefficient (Wildman–Crippen LogP) is 1.62. The monoisotopic (exact) mass is 292 g/mol. The third kappa shape index (κ3) is 2.66. The van der Waals surface area contributed by atoms with Crippen molar-refractivity contribution in [3.05, 3.63) is 28.5 Å². The maximum atomic E-state index is 13.5. The van der Waals surface area contributed by atoms with Gasteiger partial charge in [-0.15, -0.1) is 0 Å². The highest BCUT2D eigenvalue weighted by molar-refractivity contribution is 7.89. The lowest BCUT2D eigenvalue weighted by molar-refractivity contribution is 0.574. The van der Waals surface area contributed by atoms with E-state index in [1.807, 2.05) is 6.92 Å². The van der Waals surface area contributed by atoms with E-state index in [0.717, 1.165) is 12.5 Å². The SMILES string of the molecule is CC1CC1NS(=O)(=O)c1cc(F)c(Cl)c(CN)c1. The Bertz CT molecular complexity index is 577. The fourth-order valence-corrected chi connectivity index (χ4v) is 3.28. The smallest absolute Gasteiger partial charge is 0.240 e. The normalized spacial score (nSPS) is 23.1. The van der Waals surface area contributed by atoms with E-state index < -0.39 is 15.8 Å². The quantitative estimate of drug-likeness (QED) is 0.886. The first kappa shape index (κ1) is 13.7. The van der Waals surface area contributed by atoms with Crippen molar-refractivity contribution >= 4 is 21.6 Å². The highest BCUT2D eigenvalue weighted by atomic mass is 35.5. The van der Waals surface area contributed by atoms with Gasteiger partial charge in [0.1, 0.15) is 5.82 Å². The molecule has 1 aliphatic rings. The van der Waals surface area contributed by atoms with E-state index in [0.29, 0.717) is 5.92 Å². The first-order chi connectivity index (χ1) is 8.35. The van der Waals surface area contributed by atoms with E-state index in [1.165, 1.54) is 6.07 Å². The van der Waals surface area contributed by atoms with Gasteiger partial charge >= 0.3 is 0 Å². The number of hydrogen-bond acceptors (Lipinski definition) is 3. The zero-order valence-electron chi connectivity index (χ0n) is 9.78. The lowest BCUT2D eigenvalue weighted by atomic mass is 10.2. The molecule has 0 spiro atoms. The summed E-state index contributed by atoms with van der Waals surface area (Å²) in [4.78, 5) is -0.135. The Morgan fingerprint density at radius 2 is 2.17 bits per heavy atom. The van der Waals surface area contributed by atoms with Gasteiger partial charge in [0.2, 0.25) is 10.0 Å². The van der Waals surface area contributed by atoms with Gasteiger partial charge in [0.15, 0.2) is 0 Å². The Labute approximate surface area is 110 Å². The van der Waals surface area contributed by atoms with Crippen molar-refractivity contribution in [3.63, 3.8) is 0 Å². The molecule has 1 fully saturated rings. The van der Waals surface area contributed by atoms with Gasteiger partial charge in [-0.25, -0.2) is 17.5 Å². The molecule has 100 valence electrons. The lowest BCUT2D eigenvalue weighted by Crippen LogP contribution is -2.27. The standard InChI is InChI=1S/C11H14ClFN2O2S/c1-6-2-10(6)15-18(16,17)8-3-7(5-14)11(12)9(13)4-8/h3-4,6,10,15H,2,5,14H2,1H3. The van der Waals surface area contributed by atoms with Crippen LogP contribution in [-0.4, -0.2) is 14.5 Å². The molecule has 0 heterocycles. The highest BCUT2D eigenvalue weighted by Gasteiger charge is 2.36. The van der Waals surface area contributed by atoms with Gasteiger partial charge in [0, 0.05) is 12.6 Å². The third-order valence-corrected chi connectivity index (χ3v) is 4.92. The van der Waals surface area contributed by atoms with Crippen LogP contribution in [0.1, 0.15) is 18.9 Å². The molecular formula is C11H14ClFN2O2S. The zero-order valence-corrected chi connectivity index (χ0v) is 11.4. The van der Waals surface area contributed by atoms with Gasteiger partial charge < -0.3 is 5.73 Å². The average Bonchev–Trinajstić information content (AvgIpc) is 2.96. The number of sulfonamides is 1. The Morgan fingerprint density at radius 3 is 2.67 bits per heavy atom. The topological polar surface area (TPSA) is 72.2 Å². The van der Waals surface area contributed by atoms with Crippen LogP contribution < -0.4 is 10.5 Å². The van der Waals surface area contributed by atoms with Crippen molar-refractivity contribution in [1.29, 1.82) is 0 Å². The van der Waals surface area contributed by atoms with Crippen molar-refractivity contribution in [3.8, 4) is 0 Å². The zero-order chi connectivity index (χ0) is 13.5. The van der Waals surface area contributed by atoms with Crippen molar-refractivity contribution in [2.24, 2.45) is 11.7 Å². The maximum absolute atomic E-state index is 13.5. The van der Waals surface area contributed by atoms with E-state index in [4.69, 9.17) is 17.3 Å². The Hall–Kier alpha value is -0.690. The van der Waals surface area contributed by atoms with Gasteiger partial charge in [0.05, 0.1) is 9.92 Å². The van der Waals surface area contributed by atoms with Crippen LogP contribution in [0.25, 0.3) is 0 Å². The van der Waals surface area contributed by atoms with E-state index >= 15 is 0 Å². The minimum absolute atomic E-state index is 0.0149. The summed E-state index contributed by atoms with van der Waals surface area (Å²) in [6, 6.07) is 2.16. The maximum Gasteiger partial charge on any atom is 0.240 e. The van der Waals surface area contributed by atoms with E-state index in [1.54, 1.807) is 0 Å². The van der Waals surface area contributed by atoms with Crippen LogP contribution >= 0.6 is 11.6 Å². The number of hydrogen-bond donors (Lipinski definition) is 2. The molecule has 7 heteroatoms. The first-order valence-corrected chi connectivity index (χ1v) is 7.41. The fraction of sp³-hybridized carbons (Fsp3) is 0.455. The Kier molecular flexibility index (Phi) is 3.64. The van der Waals surface area contributed by atoms with Crippen LogP contribution in [0.15, 0.2) is 17.0 Å². The second-order valence-electron chi connectivity index (χ2n) is 4.52. The third-order valence-electron chi connectivity index (χ3n) is 3.02. The van der Waals surface area contributed by atoms with E-state index in [9.17, 15) is 12.8 Å². The molecule has 0 amide bonds. The number of benzene rings is 1. The van der Waals surface area contributed by atoms with Gasteiger partial charge in [-0.2, -0.15) is 0 Å². The largest absolute Gasteiger partial charge is 0.326 e. The molecule has 2 atom stereocenters. The molecule has 0 aliphatic heterocycles. The van der Waals surface area contributed by atoms with Crippen LogP contribution in [0.2, 0.25) is 5.02 Å².